The van der Waals surface area contributed by atoms with Gasteiger partial charge in [-0.1, -0.05) is 13.0 Å². The van der Waals surface area contributed by atoms with Crippen molar-refractivity contribution in [3.8, 4) is 5.75 Å². The fourth-order valence-electron chi connectivity index (χ4n) is 2.80. The van der Waals surface area contributed by atoms with Crippen molar-refractivity contribution in [3.63, 3.8) is 0 Å². The highest BCUT2D eigenvalue weighted by Gasteiger charge is 2.21. The molecule has 1 aromatic rings. The fraction of sp³-hybridized carbons (Fsp3) is 0.600. The molecule has 0 spiro atoms. The summed E-state index contributed by atoms with van der Waals surface area (Å²) >= 11 is 0. The third kappa shape index (κ3) is 3.61. The maximum atomic E-state index is 9.44. The highest BCUT2D eigenvalue weighted by atomic mass is 16.3. The first kappa shape index (κ1) is 14.2. The summed E-state index contributed by atoms with van der Waals surface area (Å²) in [5.41, 5.74) is 7.36. The second-order valence-corrected chi connectivity index (χ2v) is 5.47. The Labute approximate surface area is 115 Å². The molecule has 0 atom stereocenters. The zero-order valence-corrected chi connectivity index (χ0v) is 12.0. The zero-order chi connectivity index (χ0) is 13.8. The minimum Gasteiger partial charge on any atom is -0.506 e. The predicted octanol–water partition coefficient (Wildman–Crippen LogP) is 1.89. The number of likely N-dealkylation sites (tertiary alicyclic amines) is 1. The summed E-state index contributed by atoms with van der Waals surface area (Å²) < 4.78 is 0. The molecule has 3 N–H and O–H groups in total. The highest BCUT2D eigenvalue weighted by molar-refractivity contribution is 5.53. The van der Waals surface area contributed by atoms with Crippen molar-refractivity contribution in [1.82, 2.24) is 9.80 Å². The van der Waals surface area contributed by atoms with Crippen molar-refractivity contribution in [1.29, 1.82) is 0 Å². The molecule has 19 heavy (non-hydrogen) atoms. The molecule has 0 amide bonds. The highest BCUT2D eigenvalue weighted by Crippen LogP contribution is 2.23. The summed E-state index contributed by atoms with van der Waals surface area (Å²) in [6.45, 7) is 6.67. The van der Waals surface area contributed by atoms with E-state index in [1.54, 1.807) is 6.07 Å². The average molecular weight is 263 g/mol. The van der Waals surface area contributed by atoms with Crippen LogP contribution in [-0.2, 0) is 6.54 Å². The predicted molar refractivity (Wildman–Crippen MR) is 79.1 cm³/mol. The Morgan fingerprint density at radius 3 is 2.63 bits per heavy atom. The molecule has 0 radical (unpaired) electrons. The molecule has 1 heterocycles. The number of nitrogens with two attached hydrogens (primary N) is 1. The molecule has 0 saturated carbocycles. The number of phenolic OH excluding ortho intramolecular Hbond substituents is 1. The van der Waals surface area contributed by atoms with E-state index in [9.17, 15) is 5.11 Å². The number of hydrogen-bond donors (Lipinski definition) is 2. The molecule has 0 aromatic heterocycles. The van der Waals surface area contributed by atoms with Gasteiger partial charge in [-0.3, -0.25) is 4.90 Å². The Hall–Kier alpha value is -1.26. The Balaban J connectivity index is 1.90. The van der Waals surface area contributed by atoms with Crippen molar-refractivity contribution >= 4 is 5.69 Å². The van der Waals surface area contributed by atoms with E-state index in [1.807, 2.05) is 12.1 Å². The lowest BCUT2D eigenvalue weighted by Gasteiger charge is -2.36. The number of benzene rings is 1. The number of rotatable bonds is 4. The molecule has 0 bridgehead atoms. The maximum absolute atomic E-state index is 9.44. The quantitative estimate of drug-likeness (QED) is 0.643. The van der Waals surface area contributed by atoms with Crippen LogP contribution in [0.4, 0.5) is 5.69 Å². The first-order valence-electron chi connectivity index (χ1n) is 7.10. The van der Waals surface area contributed by atoms with Gasteiger partial charge >= 0.3 is 0 Å². The molecular weight excluding hydrogens is 238 g/mol. The summed E-state index contributed by atoms with van der Waals surface area (Å²) in [4.78, 5) is 4.90. The molecule has 106 valence electrons. The standard InChI is InChI=1S/C15H25N3O/c1-3-18-8-6-13(7-9-18)17(2)11-12-4-5-15(19)14(16)10-12/h4-5,10,13,19H,3,6-9,11,16H2,1-2H3. The minimum absolute atomic E-state index is 0.169. The number of hydrogen-bond acceptors (Lipinski definition) is 4. The molecule has 4 nitrogen and oxygen atoms in total. The van der Waals surface area contributed by atoms with Gasteiger partial charge in [-0.15, -0.1) is 0 Å². The fourth-order valence-corrected chi connectivity index (χ4v) is 2.80. The monoisotopic (exact) mass is 263 g/mol. The van der Waals surface area contributed by atoms with Crippen LogP contribution >= 0.6 is 0 Å². The molecule has 1 aliphatic rings. The lowest BCUT2D eigenvalue weighted by Crippen LogP contribution is -2.42. The van der Waals surface area contributed by atoms with E-state index in [4.69, 9.17) is 5.73 Å². The van der Waals surface area contributed by atoms with Gasteiger partial charge in [0, 0.05) is 12.6 Å². The van der Waals surface area contributed by atoms with Gasteiger partial charge in [-0.05, 0) is 57.2 Å². The smallest absolute Gasteiger partial charge is 0.138 e. The second-order valence-electron chi connectivity index (χ2n) is 5.47. The Bertz CT molecular complexity index is 414. The van der Waals surface area contributed by atoms with Gasteiger partial charge < -0.3 is 15.7 Å². The van der Waals surface area contributed by atoms with E-state index in [-0.39, 0.29) is 5.75 Å². The molecule has 1 fully saturated rings. The van der Waals surface area contributed by atoms with Gasteiger partial charge in [0.1, 0.15) is 5.75 Å². The Morgan fingerprint density at radius 2 is 2.05 bits per heavy atom. The normalized spacial score (nSPS) is 18.1. The lowest BCUT2D eigenvalue weighted by molar-refractivity contribution is 0.127. The van der Waals surface area contributed by atoms with Crippen molar-refractivity contribution in [2.24, 2.45) is 0 Å². The van der Waals surface area contributed by atoms with Crippen molar-refractivity contribution < 1.29 is 5.11 Å². The summed E-state index contributed by atoms with van der Waals surface area (Å²) in [6.07, 6.45) is 2.47. The van der Waals surface area contributed by atoms with Crippen molar-refractivity contribution in [3.05, 3.63) is 23.8 Å². The van der Waals surface area contributed by atoms with Gasteiger partial charge in [-0.2, -0.15) is 0 Å². The first-order chi connectivity index (χ1) is 9.10. The topological polar surface area (TPSA) is 52.7 Å². The number of aromatic hydroxyl groups is 1. The molecule has 4 heteroatoms. The van der Waals surface area contributed by atoms with E-state index in [0.29, 0.717) is 11.7 Å². The molecule has 1 saturated heterocycles. The molecular formula is C15H25N3O. The lowest BCUT2D eigenvalue weighted by atomic mass is 10.0. The van der Waals surface area contributed by atoms with E-state index in [0.717, 1.165) is 18.7 Å². The van der Waals surface area contributed by atoms with Crippen molar-refractivity contribution in [2.45, 2.75) is 32.4 Å². The number of piperidine rings is 1. The SMILES string of the molecule is CCN1CCC(N(C)Cc2ccc(O)c(N)c2)CC1. The summed E-state index contributed by atoms with van der Waals surface area (Å²) in [5.74, 6) is 0.169. The maximum Gasteiger partial charge on any atom is 0.138 e. The van der Waals surface area contributed by atoms with Crippen LogP contribution in [0, 0.1) is 0 Å². The summed E-state index contributed by atoms with van der Waals surface area (Å²) in [6, 6.07) is 6.15. The average Bonchev–Trinajstić information content (AvgIpc) is 2.43. The van der Waals surface area contributed by atoms with Gasteiger partial charge in [0.15, 0.2) is 0 Å². The van der Waals surface area contributed by atoms with Crippen LogP contribution < -0.4 is 5.73 Å². The third-order valence-corrected chi connectivity index (χ3v) is 4.15. The molecule has 2 rings (SSSR count). The summed E-state index contributed by atoms with van der Waals surface area (Å²) in [5, 5.41) is 9.44. The molecule has 0 unspecified atom stereocenters. The number of anilines is 1. The number of nitrogen functional groups attached to an aromatic ring is 1. The van der Waals surface area contributed by atoms with Crippen LogP contribution in [0.25, 0.3) is 0 Å². The van der Waals surface area contributed by atoms with Crippen molar-refractivity contribution in [2.75, 3.05) is 32.4 Å². The molecule has 0 aliphatic carbocycles. The number of phenols is 1. The van der Waals surface area contributed by atoms with E-state index >= 15 is 0 Å². The zero-order valence-electron chi connectivity index (χ0n) is 12.0. The molecule has 1 aromatic carbocycles. The van der Waals surface area contributed by atoms with Gasteiger partial charge in [0.25, 0.3) is 0 Å². The van der Waals surface area contributed by atoms with Crippen LogP contribution in [0.2, 0.25) is 0 Å². The Morgan fingerprint density at radius 1 is 1.37 bits per heavy atom. The number of nitrogens with zero attached hydrogens (tertiary/aromatic N) is 2. The largest absolute Gasteiger partial charge is 0.506 e. The van der Waals surface area contributed by atoms with E-state index in [1.165, 1.54) is 25.9 Å². The van der Waals surface area contributed by atoms with E-state index in [2.05, 4.69) is 23.8 Å². The van der Waals surface area contributed by atoms with Crippen LogP contribution in [0.1, 0.15) is 25.3 Å². The third-order valence-electron chi connectivity index (χ3n) is 4.15. The first-order valence-corrected chi connectivity index (χ1v) is 7.10. The van der Waals surface area contributed by atoms with Crippen LogP contribution in [-0.4, -0.2) is 47.6 Å². The minimum atomic E-state index is 0.169. The van der Waals surface area contributed by atoms with Gasteiger partial charge in [0.2, 0.25) is 0 Å². The summed E-state index contributed by atoms with van der Waals surface area (Å²) in [7, 11) is 2.18. The molecule has 1 aliphatic heterocycles. The van der Waals surface area contributed by atoms with Gasteiger partial charge in [0.05, 0.1) is 5.69 Å². The van der Waals surface area contributed by atoms with Gasteiger partial charge in [-0.25, -0.2) is 0 Å². The second kappa shape index (κ2) is 6.26. The van der Waals surface area contributed by atoms with Crippen LogP contribution in [0.3, 0.4) is 0 Å². The van der Waals surface area contributed by atoms with Crippen LogP contribution in [0.5, 0.6) is 5.75 Å². The van der Waals surface area contributed by atoms with E-state index < -0.39 is 0 Å². The van der Waals surface area contributed by atoms with Crippen LogP contribution in [0.15, 0.2) is 18.2 Å². The Kier molecular flexibility index (Phi) is 4.66.